The summed E-state index contributed by atoms with van der Waals surface area (Å²) in [5, 5.41) is 29.4. The standard InChI is InChI=1S/C34H50O7/c1-8-27(13-15-30-28(9-2)14-16-32(38)41-30)19-23(4)17-22(3)11-10-12-29(21-35)34(40)26(7)33(39)25(6)18-24(5)20-31(36)37/h10-16,19-20,23,25-26,28-30,33,35,39H,8-9,17-18,21H2,1-7H3,(H,36,37)/b12-10?,15-13+,22-11+,24-20+,27-19+/t23-,25+,26+,28-,29+,30+,33-/m1/s1. The number of aliphatic hydroxyl groups is 2. The molecule has 1 aliphatic heterocycles. The maximum atomic E-state index is 13.0. The number of hydrogen-bond acceptors (Lipinski definition) is 6. The van der Waals surface area contributed by atoms with Gasteiger partial charge in [0.15, 0.2) is 0 Å². The van der Waals surface area contributed by atoms with E-state index in [1.807, 2.05) is 31.2 Å². The minimum atomic E-state index is -1.04. The number of allylic oxidation sites excluding steroid dienone is 7. The molecule has 41 heavy (non-hydrogen) atoms. The minimum absolute atomic E-state index is 0.186. The van der Waals surface area contributed by atoms with Crippen molar-refractivity contribution in [1.29, 1.82) is 0 Å². The van der Waals surface area contributed by atoms with E-state index in [0.717, 1.165) is 30.9 Å². The molecule has 0 spiro atoms. The van der Waals surface area contributed by atoms with Crippen molar-refractivity contribution in [2.75, 3.05) is 6.61 Å². The lowest BCUT2D eigenvalue weighted by atomic mass is 9.83. The first-order valence-electron chi connectivity index (χ1n) is 14.7. The molecule has 7 nitrogen and oxygen atoms in total. The van der Waals surface area contributed by atoms with E-state index in [9.17, 15) is 24.6 Å². The van der Waals surface area contributed by atoms with Crippen LogP contribution in [0.25, 0.3) is 0 Å². The molecule has 0 aliphatic carbocycles. The third-order valence-electron chi connectivity index (χ3n) is 7.52. The van der Waals surface area contributed by atoms with Gasteiger partial charge < -0.3 is 20.1 Å². The first kappa shape index (κ1) is 36.0. The third kappa shape index (κ3) is 13.0. The van der Waals surface area contributed by atoms with Crippen LogP contribution in [0.15, 0.2) is 71.4 Å². The van der Waals surface area contributed by atoms with E-state index in [0.29, 0.717) is 12.0 Å². The number of hydrogen-bond donors (Lipinski definition) is 3. The molecule has 1 heterocycles. The number of carboxylic acids is 1. The molecule has 228 valence electrons. The molecular formula is C34H50O7. The summed E-state index contributed by atoms with van der Waals surface area (Å²) in [4.78, 5) is 35.5. The van der Waals surface area contributed by atoms with Crippen LogP contribution >= 0.6 is 0 Å². The molecule has 3 N–H and O–H groups in total. The highest BCUT2D eigenvalue weighted by Crippen LogP contribution is 2.24. The number of aliphatic carboxylic acids is 1. The smallest absolute Gasteiger partial charge is 0.331 e. The van der Waals surface area contributed by atoms with Gasteiger partial charge in [0.2, 0.25) is 0 Å². The van der Waals surface area contributed by atoms with Crippen molar-refractivity contribution in [2.45, 2.75) is 86.4 Å². The topological polar surface area (TPSA) is 121 Å². The number of ether oxygens (including phenoxy) is 1. The third-order valence-corrected chi connectivity index (χ3v) is 7.52. The summed E-state index contributed by atoms with van der Waals surface area (Å²) in [7, 11) is 0. The van der Waals surface area contributed by atoms with Crippen molar-refractivity contribution in [2.24, 2.45) is 29.6 Å². The molecule has 0 fully saturated rings. The van der Waals surface area contributed by atoms with Crippen molar-refractivity contribution >= 4 is 17.7 Å². The van der Waals surface area contributed by atoms with Crippen LogP contribution in [0.2, 0.25) is 0 Å². The van der Waals surface area contributed by atoms with Gasteiger partial charge in [-0.25, -0.2) is 9.59 Å². The molecule has 0 aromatic carbocycles. The second-order valence-corrected chi connectivity index (χ2v) is 11.3. The summed E-state index contributed by atoms with van der Waals surface area (Å²) in [5.74, 6) is -2.91. The highest BCUT2D eigenvalue weighted by molar-refractivity contribution is 5.85. The molecule has 0 aromatic heterocycles. The Morgan fingerprint density at radius 2 is 1.78 bits per heavy atom. The lowest BCUT2D eigenvalue weighted by Gasteiger charge is -2.26. The van der Waals surface area contributed by atoms with Gasteiger partial charge in [0.05, 0.1) is 18.6 Å². The number of carboxylic acid groups (broad SMARTS) is 1. The minimum Gasteiger partial charge on any atom is -0.478 e. The number of carbonyl (C=O) groups excluding carboxylic acids is 2. The van der Waals surface area contributed by atoms with E-state index in [-0.39, 0.29) is 42.2 Å². The van der Waals surface area contributed by atoms with Crippen LogP contribution in [0.5, 0.6) is 0 Å². The fourth-order valence-electron chi connectivity index (χ4n) is 5.13. The van der Waals surface area contributed by atoms with Gasteiger partial charge in [-0.1, -0.05) is 87.8 Å². The normalized spacial score (nSPS) is 22.5. The van der Waals surface area contributed by atoms with Crippen LogP contribution < -0.4 is 0 Å². The second kappa shape index (κ2) is 18.4. The monoisotopic (exact) mass is 570 g/mol. The number of Topliss-reactive ketones (excluding diaryl/α,β-unsaturated/α-hetero) is 1. The van der Waals surface area contributed by atoms with Crippen LogP contribution in [0.4, 0.5) is 0 Å². The van der Waals surface area contributed by atoms with Crippen LogP contribution in [-0.4, -0.2) is 51.9 Å². The highest BCUT2D eigenvalue weighted by atomic mass is 16.5. The van der Waals surface area contributed by atoms with Crippen LogP contribution in [0.1, 0.15) is 74.1 Å². The predicted molar refractivity (Wildman–Crippen MR) is 163 cm³/mol. The SMILES string of the molecule is CCC(/C=C/[C@@H]1OC(=O)C=C[C@H]1CC)=C\[C@H](C)C/C(C)=C/C=C[C@@H](CO)C(=O)[C@@H](C)[C@H](O)[C@@H](C)C/C(C)=C/C(=O)O. The Hall–Kier alpha value is -3.03. The van der Waals surface area contributed by atoms with Crippen LogP contribution in [0.3, 0.4) is 0 Å². The lowest BCUT2D eigenvalue weighted by Crippen LogP contribution is -2.35. The van der Waals surface area contributed by atoms with Crippen molar-refractivity contribution < 1.29 is 34.4 Å². The van der Waals surface area contributed by atoms with Crippen molar-refractivity contribution in [3.63, 3.8) is 0 Å². The van der Waals surface area contributed by atoms with Crippen molar-refractivity contribution in [1.82, 2.24) is 0 Å². The molecule has 7 heteroatoms. The van der Waals surface area contributed by atoms with E-state index in [4.69, 9.17) is 9.84 Å². The fourth-order valence-corrected chi connectivity index (χ4v) is 5.13. The molecular weight excluding hydrogens is 520 g/mol. The van der Waals surface area contributed by atoms with Gasteiger partial charge in [-0.3, -0.25) is 4.79 Å². The Bertz CT molecular complexity index is 1060. The van der Waals surface area contributed by atoms with E-state index >= 15 is 0 Å². The van der Waals surface area contributed by atoms with E-state index < -0.39 is 23.9 Å². The Kier molecular flexibility index (Phi) is 16.2. The maximum absolute atomic E-state index is 13.0. The zero-order chi connectivity index (χ0) is 31.1. The molecule has 0 saturated carbocycles. The van der Waals surface area contributed by atoms with Crippen LogP contribution in [-0.2, 0) is 19.1 Å². The number of esters is 1. The predicted octanol–water partition coefficient (Wildman–Crippen LogP) is 6.15. The first-order chi connectivity index (χ1) is 19.3. The van der Waals surface area contributed by atoms with Gasteiger partial charge in [-0.2, -0.15) is 0 Å². The molecule has 0 saturated heterocycles. The number of aliphatic hydroxyl groups excluding tert-OH is 2. The second-order valence-electron chi connectivity index (χ2n) is 11.3. The molecule has 1 aliphatic rings. The zero-order valence-electron chi connectivity index (χ0n) is 25.7. The Labute approximate surface area is 246 Å². The molecule has 0 aromatic rings. The summed E-state index contributed by atoms with van der Waals surface area (Å²) in [6.45, 7) is 13.1. The zero-order valence-corrected chi connectivity index (χ0v) is 25.7. The molecule has 0 amide bonds. The largest absolute Gasteiger partial charge is 0.478 e. The van der Waals surface area contributed by atoms with Crippen molar-refractivity contribution in [3.8, 4) is 0 Å². The average Bonchev–Trinajstić information content (AvgIpc) is 2.91. The lowest BCUT2D eigenvalue weighted by molar-refractivity contribution is -0.143. The quantitative estimate of drug-likeness (QED) is 0.109. The molecule has 0 bridgehead atoms. The molecule has 1 rings (SSSR count). The first-order valence-corrected chi connectivity index (χ1v) is 14.7. The van der Waals surface area contributed by atoms with Gasteiger partial charge >= 0.3 is 11.9 Å². The number of carbonyl (C=O) groups is 3. The Morgan fingerprint density at radius 3 is 2.37 bits per heavy atom. The Balaban J connectivity index is 2.78. The molecule has 0 unspecified atom stereocenters. The summed E-state index contributed by atoms with van der Waals surface area (Å²) in [6, 6.07) is 0. The van der Waals surface area contributed by atoms with E-state index in [2.05, 4.69) is 26.8 Å². The summed E-state index contributed by atoms with van der Waals surface area (Å²) < 4.78 is 5.48. The number of ketones is 1. The van der Waals surface area contributed by atoms with Gasteiger partial charge in [0, 0.05) is 24.0 Å². The van der Waals surface area contributed by atoms with Crippen LogP contribution in [0, 0.1) is 29.6 Å². The Morgan fingerprint density at radius 1 is 1.10 bits per heavy atom. The van der Waals surface area contributed by atoms with E-state index in [1.54, 1.807) is 32.9 Å². The van der Waals surface area contributed by atoms with Gasteiger partial charge in [-0.05, 0) is 57.4 Å². The maximum Gasteiger partial charge on any atom is 0.331 e. The summed E-state index contributed by atoms with van der Waals surface area (Å²) in [6.07, 6.45) is 17.9. The van der Waals surface area contributed by atoms with Gasteiger partial charge in [-0.15, -0.1) is 0 Å². The summed E-state index contributed by atoms with van der Waals surface area (Å²) in [5.41, 5.74) is 2.90. The van der Waals surface area contributed by atoms with Crippen molar-refractivity contribution in [3.05, 3.63) is 71.4 Å². The number of cyclic esters (lactones) is 1. The molecule has 7 atom stereocenters. The van der Waals surface area contributed by atoms with E-state index in [1.165, 1.54) is 11.6 Å². The summed E-state index contributed by atoms with van der Waals surface area (Å²) >= 11 is 0. The molecule has 0 radical (unpaired) electrons. The van der Waals surface area contributed by atoms with Gasteiger partial charge in [0.1, 0.15) is 11.9 Å². The van der Waals surface area contributed by atoms with Gasteiger partial charge in [0.25, 0.3) is 0 Å². The number of rotatable bonds is 17. The highest BCUT2D eigenvalue weighted by Gasteiger charge is 2.30. The average molecular weight is 571 g/mol. The fraction of sp³-hybridized carbons (Fsp3) is 0.559.